The molecule has 0 saturated carbocycles. The highest BCUT2D eigenvalue weighted by Crippen LogP contribution is 2.14. The Kier molecular flexibility index (Phi) is 1.84. The first-order valence-electron chi connectivity index (χ1n) is 4.02. The molecule has 0 N–H and O–H groups in total. The SMILES string of the molecule is Cc1cc(CN2CC(F)C2)no1. The van der Waals surface area contributed by atoms with E-state index in [0.29, 0.717) is 19.6 Å². The maximum absolute atomic E-state index is 12.4. The molecule has 0 spiro atoms. The summed E-state index contributed by atoms with van der Waals surface area (Å²) in [6.07, 6.45) is -0.641. The zero-order chi connectivity index (χ0) is 8.55. The lowest BCUT2D eigenvalue weighted by molar-refractivity contribution is 0.0572. The number of halogens is 1. The van der Waals surface area contributed by atoms with Gasteiger partial charge in [0.25, 0.3) is 0 Å². The van der Waals surface area contributed by atoms with Gasteiger partial charge in [0.1, 0.15) is 11.9 Å². The summed E-state index contributed by atoms with van der Waals surface area (Å²) in [5.74, 6) is 0.808. The van der Waals surface area contributed by atoms with E-state index in [1.807, 2.05) is 17.9 Å². The van der Waals surface area contributed by atoms with E-state index < -0.39 is 6.17 Å². The van der Waals surface area contributed by atoms with Crippen molar-refractivity contribution in [2.45, 2.75) is 19.6 Å². The molecule has 0 unspecified atom stereocenters. The molecule has 1 aromatic rings. The summed E-state index contributed by atoms with van der Waals surface area (Å²) in [7, 11) is 0. The van der Waals surface area contributed by atoms with Crippen LogP contribution in [0.2, 0.25) is 0 Å². The van der Waals surface area contributed by atoms with Gasteiger partial charge in [-0.15, -0.1) is 0 Å². The number of alkyl halides is 1. The smallest absolute Gasteiger partial charge is 0.133 e. The number of nitrogens with zero attached hydrogens (tertiary/aromatic N) is 2. The van der Waals surface area contributed by atoms with Crippen molar-refractivity contribution in [3.8, 4) is 0 Å². The highest BCUT2D eigenvalue weighted by Gasteiger charge is 2.26. The maximum Gasteiger partial charge on any atom is 0.133 e. The third-order valence-corrected chi connectivity index (χ3v) is 1.97. The van der Waals surface area contributed by atoms with Crippen molar-refractivity contribution < 1.29 is 8.91 Å². The van der Waals surface area contributed by atoms with Crippen LogP contribution in [0.1, 0.15) is 11.5 Å². The molecule has 2 heterocycles. The monoisotopic (exact) mass is 170 g/mol. The predicted molar refractivity (Wildman–Crippen MR) is 41.4 cm³/mol. The molecular formula is C8H11FN2O. The van der Waals surface area contributed by atoms with Crippen LogP contribution in [0.15, 0.2) is 10.6 Å². The fourth-order valence-corrected chi connectivity index (χ4v) is 1.36. The third-order valence-electron chi connectivity index (χ3n) is 1.97. The van der Waals surface area contributed by atoms with Crippen LogP contribution < -0.4 is 0 Å². The van der Waals surface area contributed by atoms with Crippen molar-refractivity contribution in [2.24, 2.45) is 0 Å². The van der Waals surface area contributed by atoms with Crippen molar-refractivity contribution in [3.05, 3.63) is 17.5 Å². The fraction of sp³-hybridized carbons (Fsp3) is 0.625. The summed E-state index contributed by atoms with van der Waals surface area (Å²) >= 11 is 0. The Hall–Kier alpha value is -0.900. The quantitative estimate of drug-likeness (QED) is 0.666. The minimum Gasteiger partial charge on any atom is -0.361 e. The van der Waals surface area contributed by atoms with E-state index in [-0.39, 0.29) is 0 Å². The molecule has 0 aromatic carbocycles. The first-order chi connectivity index (χ1) is 5.74. The third kappa shape index (κ3) is 1.48. The number of rotatable bonds is 2. The van der Waals surface area contributed by atoms with E-state index in [9.17, 15) is 4.39 Å². The normalized spacial score (nSPS) is 19.5. The van der Waals surface area contributed by atoms with Gasteiger partial charge in [0.15, 0.2) is 0 Å². The molecule has 2 rings (SSSR count). The number of aromatic nitrogens is 1. The lowest BCUT2D eigenvalue weighted by atomic mass is 10.2. The molecule has 1 aliphatic rings. The summed E-state index contributed by atoms with van der Waals surface area (Å²) in [6.45, 7) is 3.63. The molecule has 1 fully saturated rings. The molecule has 1 aliphatic heterocycles. The van der Waals surface area contributed by atoms with Crippen LogP contribution >= 0.6 is 0 Å². The van der Waals surface area contributed by atoms with Crippen molar-refractivity contribution >= 4 is 0 Å². The second-order valence-corrected chi connectivity index (χ2v) is 3.22. The highest BCUT2D eigenvalue weighted by molar-refractivity contribution is 5.04. The number of hydrogen-bond donors (Lipinski definition) is 0. The first kappa shape index (κ1) is 7.73. The second-order valence-electron chi connectivity index (χ2n) is 3.22. The fourth-order valence-electron chi connectivity index (χ4n) is 1.36. The van der Waals surface area contributed by atoms with Crippen molar-refractivity contribution in [1.82, 2.24) is 10.1 Å². The van der Waals surface area contributed by atoms with Gasteiger partial charge < -0.3 is 4.52 Å². The number of likely N-dealkylation sites (tertiary alicyclic amines) is 1. The predicted octanol–water partition coefficient (Wildman–Crippen LogP) is 1.14. The summed E-state index contributed by atoms with van der Waals surface area (Å²) in [6, 6.07) is 1.88. The van der Waals surface area contributed by atoms with Crippen LogP contribution in [0.5, 0.6) is 0 Å². The second kappa shape index (κ2) is 2.86. The minimum atomic E-state index is -0.641. The molecule has 1 saturated heterocycles. The van der Waals surface area contributed by atoms with Gasteiger partial charge in [0.2, 0.25) is 0 Å². The van der Waals surface area contributed by atoms with Crippen LogP contribution in [-0.4, -0.2) is 29.3 Å². The topological polar surface area (TPSA) is 29.3 Å². The van der Waals surface area contributed by atoms with Gasteiger partial charge >= 0.3 is 0 Å². The van der Waals surface area contributed by atoms with Gasteiger partial charge in [-0.3, -0.25) is 4.90 Å². The van der Waals surface area contributed by atoms with Crippen LogP contribution in [0.25, 0.3) is 0 Å². The molecule has 12 heavy (non-hydrogen) atoms. The number of aryl methyl sites for hydroxylation is 1. The van der Waals surface area contributed by atoms with Crippen LogP contribution in [0, 0.1) is 6.92 Å². The standard InChI is InChI=1S/C8H11FN2O/c1-6-2-8(10-12-6)5-11-3-7(9)4-11/h2,7H,3-5H2,1H3. The molecule has 0 atom stereocenters. The first-order valence-corrected chi connectivity index (χ1v) is 4.02. The average molecular weight is 170 g/mol. The van der Waals surface area contributed by atoms with E-state index >= 15 is 0 Å². The van der Waals surface area contributed by atoms with Gasteiger partial charge in [-0.05, 0) is 6.92 Å². The Balaban J connectivity index is 1.88. The summed E-state index contributed by atoms with van der Waals surface area (Å²) in [4.78, 5) is 2.00. The van der Waals surface area contributed by atoms with Gasteiger partial charge in [-0.1, -0.05) is 5.16 Å². The van der Waals surface area contributed by atoms with Crippen LogP contribution in [0.4, 0.5) is 4.39 Å². The zero-order valence-corrected chi connectivity index (χ0v) is 6.96. The molecule has 4 heteroatoms. The molecule has 0 radical (unpaired) electrons. The van der Waals surface area contributed by atoms with Crippen LogP contribution in [-0.2, 0) is 6.54 Å². The Morgan fingerprint density at radius 3 is 3.00 bits per heavy atom. The summed E-state index contributed by atoms with van der Waals surface area (Å²) in [5, 5.41) is 3.82. The van der Waals surface area contributed by atoms with E-state index in [2.05, 4.69) is 5.16 Å². The Morgan fingerprint density at radius 2 is 2.50 bits per heavy atom. The van der Waals surface area contributed by atoms with Crippen LogP contribution in [0.3, 0.4) is 0 Å². The Bertz CT molecular complexity index is 268. The van der Waals surface area contributed by atoms with E-state index in [1.54, 1.807) is 0 Å². The van der Waals surface area contributed by atoms with Gasteiger partial charge in [-0.2, -0.15) is 0 Å². The molecule has 66 valence electrons. The lowest BCUT2D eigenvalue weighted by Gasteiger charge is -2.33. The largest absolute Gasteiger partial charge is 0.361 e. The maximum atomic E-state index is 12.4. The minimum absolute atomic E-state index is 0.534. The van der Waals surface area contributed by atoms with Crippen molar-refractivity contribution in [2.75, 3.05) is 13.1 Å². The van der Waals surface area contributed by atoms with E-state index in [4.69, 9.17) is 4.52 Å². The van der Waals surface area contributed by atoms with Crippen molar-refractivity contribution in [1.29, 1.82) is 0 Å². The number of hydrogen-bond acceptors (Lipinski definition) is 3. The Labute approximate surface area is 70.1 Å². The molecule has 0 amide bonds. The average Bonchev–Trinajstić information content (AvgIpc) is 2.33. The molecule has 0 aliphatic carbocycles. The van der Waals surface area contributed by atoms with Gasteiger partial charge in [0.05, 0.1) is 5.69 Å². The Morgan fingerprint density at radius 1 is 1.75 bits per heavy atom. The highest BCUT2D eigenvalue weighted by atomic mass is 19.1. The van der Waals surface area contributed by atoms with Gasteiger partial charge in [-0.25, -0.2) is 4.39 Å². The summed E-state index contributed by atoms with van der Waals surface area (Å²) < 4.78 is 17.3. The van der Waals surface area contributed by atoms with E-state index in [1.165, 1.54) is 0 Å². The molecule has 3 nitrogen and oxygen atoms in total. The van der Waals surface area contributed by atoms with E-state index in [0.717, 1.165) is 11.5 Å². The van der Waals surface area contributed by atoms with Crippen molar-refractivity contribution in [3.63, 3.8) is 0 Å². The zero-order valence-electron chi connectivity index (χ0n) is 6.96. The molecule has 1 aromatic heterocycles. The summed E-state index contributed by atoms with van der Waals surface area (Å²) in [5.41, 5.74) is 0.888. The lowest BCUT2D eigenvalue weighted by Crippen LogP contribution is -2.47. The van der Waals surface area contributed by atoms with Gasteiger partial charge in [0, 0.05) is 25.7 Å². The molecule has 0 bridgehead atoms. The molecular weight excluding hydrogens is 159 g/mol.